The molecule has 0 spiro atoms. The summed E-state index contributed by atoms with van der Waals surface area (Å²) in [6.45, 7) is 4.66. The number of methoxy groups -OCH3 is 1. The van der Waals surface area contributed by atoms with Crippen LogP contribution in [0.3, 0.4) is 0 Å². The minimum absolute atomic E-state index is 0.0125. The molecule has 14 heteroatoms. The van der Waals surface area contributed by atoms with Gasteiger partial charge in [-0.15, -0.1) is 0 Å². The van der Waals surface area contributed by atoms with Crippen molar-refractivity contribution in [3.8, 4) is 0 Å². The quantitative estimate of drug-likeness (QED) is 0.470. The highest BCUT2D eigenvalue weighted by atomic mass is 19.4. The third-order valence-corrected chi connectivity index (χ3v) is 9.71. The van der Waals surface area contributed by atoms with E-state index in [-0.39, 0.29) is 53.9 Å². The zero-order chi connectivity index (χ0) is 31.4. The summed E-state index contributed by atoms with van der Waals surface area (Å²) in [6.07, 6.45) is -5.65. The Kier molecular flexibility index (Phi) is 8.06. The molecule has 1 N–H and O–H groups in total. The van der Waals surface area contributed by atoms with E-state index in [1.54, 1.807) is 18.9 Å². The maximum Gasteiger partial charge on any atom is 0.416 e. The van der Waals surface area contributed by atoms with Gasteiger partial charge in [-0.1, -0.05) is 0 Å². The summed E-state index contributed by atoms with van der Waals surface area (Å²) in [6, 6.07) is 2.28. The van der Waals surface area contributed by atoms with Gasteiger partial charge in [-0.2, -0.15) is 26.3 Å². The second-order valence-corrected chi connectivity index (χ2v) is 12.4. The van der Waals surface area contributed by atoms with Gasteiger partial charge in [0.05, 0.1) is 23.8 Å². The lowest BCUT2D eigenvalue weighted by Crippen LogP contribution is -2.54. The maximum atomic E-state index is 13.6. The molecule has 1 amide bonds. The molecule has 4 fully saturated rings. The molecule has 0 radical (unpaired) electrons. The first-order valence-electron chi connectivity index (χ1n) is 14.8. The Morgan fingerprint density at radius 1 is 1.05 bits per heavy atom. The molecular weight excluding hydrogens is 592 g/mol. The summed E-state index contributed by atoms with van der Waals surface area (Å²) in [5.41, 5.74) is -2.64. The molecule has 240 valence electrons. The van der Waals surface area contributed by atoms with Crippen LogP contribution >= 0.6 is 0 Å². The van der Waals surface area contributed by atoms with Crippen molar-refractivity contribution in [3.05, 3.63) is 52.5 Å². The fraction of sp³-hybridized carbons (Fsp3) is 0.633. The summed E-state index contributed by atoms with van der Waals surface area (Å²) in [5.74, 6) is 0.123. The van der Waals surface area contributed by atoms with Crippen LogP contribution in [0.25, 0.3) is 0 Å². The SMILES string of the molecule is COC1COCCC1NC1CCN(C(=O)c2ncnc(N3CC4CC4(c4cc(C(F)(F)F)cc(C(F)(F)F)c4)C3)c2C)CC1. The van der Waals surface area contributed by atoms with Gasteiger partial charge >= 0.3 is 12.4 Å². The summed E-state index contributed by atoms with van der Waals surface area (Å²) in [5, 5.41) is 3.66. The topological polar surface area (TPSA) is 79.8 Å². The number of nitrogens with zero attached hydrogens (tertiary/aromatic N) is 4. The highest BCUT2D eigenvalue weighted by Crippen LogP contribution is 2.60. The molecule has 6 rings (SSSR count). The second-order valence-electron chi connectivity index (χ2n) is 12.4. The number of nitrogens with one attached hydrogen (secondary N) is 1. The molecule has 44 heavy (non-hydrogen) atoms. The van der Waals surface area contributed by atoms with Crippen molar-refractivity contribution in [2.45, 2.75) is 68.6 Å². The minimum atomic E-state index is -4.91. The summed E-state index contributed by atoms with van der Waals surface area (Å²) in [7, 11) is 1.67. The van der Waals surface area contributed by atoms with Crippen LogP contribution in [0.15, 0.2) is 24.5 Å². The van der Waals surface area contributed by atoms with Crippen LogP contribution in [0.2, 0.25) is 0 Å². The van der Waals surface area contributed by atoms with E-state index in [0.717, 1.165) is 31.4 Å². The zero-order valence-electron chi connectivity index (χ0n) is 24.5. The molecule has 4 unspecified atom stereocenters. The van der Waals surface area contributed by atoms with E-state index in [0.29, 0.717) is 50.7 Å². The van der Waals surface area contributed by atoms with Crippen molar-refractivity contribution < 1.29 is 40.6 Å². The highest BCUT2D eigenvalue weighted by Gasteiger charge is 2.62. The fourth-order valence-electron chi connectivity index (χ4n) is 7.15. The fourth-order valence-corrected chi connectivity index (χ4v) is 7.15. The van der Waals surface area contributed by atoms with Crippen molar-refractivity contribution in [2.24, 2.45) is 5.92 Å². The van der Waals surface area contributed by atoms with E-state index in [1.165, 1.54) is 6.33 Å². The van der Waals surface area contributed by atoms with Crippen molar-refractivity contribution in [2.75, 3.05) is 51.4 Å². The van der Waals surface area contributed by atoms with Crippen LogP contribution in [0.1, 0.15) is 58.4 Å². The number of carbonyl (C=O) groups is 1. The van der Waals surface area contributed by atoms with E-state index in [1.807, 2.05) is 4.90 Å². The largest absolute Gasteiger partial charge is 0.416 e. The van der Waals surface area contributed by atoms with E-state index in [4.69, 9.17) is 9.47 Å². The van der Waals surface area contributed by atoms with Gasteiger partial charge in [-0.3, -0.25) is 4.79 Å². The van der Waals surface area contributed by atoms with Crippen LogP contribution in [0.5, 0.6) is 0 Å². The second kappa shape index (κ2) is 11.4. The number of hydrogen-bond acceptors (Lipinski definition) is 7. The Bertz CT molecular complexity index is 1360. The summed E-state index contributed by atoms with van der Waals surface area (Å²) < 4.78 is 92.3. The number of alkyl halides is 6. The van der Waals surface area contributed by atoms with E-state index in [9.17, 15) is 31.1 Å². The molecule has 0 bridgehead atoms. The summed E-state index contributed by atoms with van der Waals surface area (Å²) in [4.78, 5) is 25.8. The molecule has 1 saturated carbocycles. The first-order valence-corrected chi connectivity index (χ1v) is 14.8. The van der Waals surface area contributed by atoms with E-state index >= 15 is 0 Å². The molecular formula is C30H35F6N5O3. The molecule has 4 atom stereocenters. The first kappa shape index (κ1) is 31.0. The number of likely N-dealkylation sites (tertiary alicyclic amines) is 1. The normalized spacial score (nSPS) is 27.9. The molecule has 3 saturated heterocycles. The number of rotatable bonds is 6. The van der Waals surface area contributed by atoms with Gasteiger partial charge < -0.3 is 24.6 Å². The molecule has 3 aliphatic heterocycles. The number of halogens is 6. The maximum absolute atomic E-state index is 13.6. The van der Waals surface area contributed by atoms with Crippen molar-refractivity contribution in [1.82, 2.24) is 20.2 Å². The number of aromatic nitrogens is 2. The lowest BCUT2D eigenvalue weighted by Gasteiger charge is -2.38. The smallest absolute Gasteiger partial charge is 0.379 e. The molecule has 4 aliphatic rings. The van der Waals surface area contributed by atoms with Crippen LogP contribution in [0, 0.1) is 12.8 Å². The lowest BCUT2D eigenvalue weighted by atomic mass is 9.91. The van der Waals surface area contributed by atoms with Gasteiger partial charge in [0.1, 0.15) is 17.8 Å². The third-order valence-electron chi connectivity index (χ3n) is 9.71. The van der Waals surface area contributed by atoms with Gasteiger partial charge in [0.25, 0.3) is 5.91 Å². The number of piperidine rings is 2. The number of ether oxygens (including phenoxy) is 2. The number of fused-ring (bicyclic) bond motifs is 1. The number of hydrogen-bond donors (Lipinski definition) is 1. The molecule has 1 aromatic carbocycles. The summed E-state index contributed by atoms with van der Waals surface area (Å²) >= 11 is 0. The number of benzene rings is 1. The Balaban J connectivity index is 1.15. The van der Waals surface area contributed by atoms with E-state index < -0.39 is 28.9 Å². The molecule has 4 heterocycles. The Morgan fingerprint density at radius 3 is 2.36 bits per heavy atom. The predicted octanol–water partition coefficient (Wildman–Crippen LogP) is 4.60. The lowest BCUT2D eigenvalue weighted by molar-refractivity contribution is -0.143. The number of carbonyl (C=O) groups excluding carboxylic acids is 1. The van der Waals surface area contributed by atoms with E-state index in [2.05, 4.69) is 15.3 Å². The van der Waals surface area contributed by atoms with Gasteiger partial charge in [-0.25, -0.2) is 9.97 Å². The van der Waals surface area contributed by atoms with Gasteiger partial charge in [0, 0.05) is 63.0 Å². The molecule has 8 nitrogen and oxygen atoms in total. The Labute approximate surface area is 251 Å². The van der Waals surface area contributed by atoms with Crippen molar-refractivity contribution in [3.63, 3.8) is 0 Å². The minimum Gasteiger partial charge on any atom is -0.379 e. The highest BCUT2D eigenvalue weighted by molar-refractivity contribution is 5.94. The Hall–Kier alpha value is -2.97. The van der Waals surface area contributed by atoms with Crippen molar-refractivity contribution >= 4 is 11.7 Å². The van der Waals surface area contributed by atoms with Crippen molar-refractivity contribution in [1.29, 1.82) is 0 Å². The van der Waals surface area contributed by atoms with Gasteiger partial charge in [0.2, 0.25) is 0 Å². The zero-order valence-corrected chi connectivity index (χ0v) is 24.5. The molecule has 1 aliphatic carbocycles. The van der Waals surface area contributed by atoms with Crippen LogP contribution in [0.4, 0.5) is 32.2 Å². The average molecular weight is 628 g/mol. The van der Waals surface area contributed by atoms with Gasteiger partial charge in [-0.05, 0) is 62.3 Å². The monoisotopic (exact) mass is 627 g/mol. The molecule has 1 aromatic heterocycles. The van der Waals surface area contributed by atoms with Gasteiger partial charge in [0.15, 0.2) is 0 Å². The number of amides is 1. The average Bonchev–Trinajstić information content (AvgIpc) is 3.56. The van der Waals surface area contributed by atoms with Crippen LogP contribution in [-0.4, -0.2) is 85.5 Å². The predicted molar refractivity (Wildman–Crippen MR) is 147 cm³/mol. The number of anilines is 1. The standard InChI is InChI=1S/C30H35F6N5O3/c1-17-25(27(42)40-6-3-22(4-7-40)39-23-5-8-44-14-24(23)43-2)37-16-38-26(17)41-13-21-12-28(21,15-41)18-9-19(29(31,32)33)11-20(10-18)30(34,35)36/h9-11,16,21-24,39H,3-8,12-15H2,1-2H3. The molecule has 2 aromatic rings. The van der Waals surface area contributed by atoms with Crippen LogP contribution in [-0.2, 0) is 27.2 Å². The first-order chi connectivity index (χ1) is 20.8. The van der Waals surface area contributed by atoms with Crippen LogP contribution < -0.4 is 10.2 Å². The third kappa shape index (κ3) is 5.87. The Morgan fingerprint density at radius 2 is 1.73 bits per heavy atom.